The molecule has 0 bridgehead atoms. The Morgan fingerprint density at radius 1 is 1.29 bits per heavy atom. The Kier molecular flexibility index (Phi) is 3.98. The minimum absolute atomic E-state index is 0.109. The van der Waals surface area contributed by atoms with Crippen molar-refractivity contribution in [3.63, 3.8) is 0 Å². The van der Waals surface area contributed by atoms with Crippen molar-refractivity contribution < 1.29 is 22.7 Å². The summed E-state index contributed by atoms with van der Waals surface area (Å²) in [7, 11) is 3.26. The molecule has 1 aromatic carbocycles. The van der Waals surface area contributed by atoms with Gasteiger partial charge in [0.25, 0.3) is 0 Å². The molecular formula is C11H13F4NO. The summed E-state index contributed by atoms with van der Waals surface area (Å²) in [5.41, 5.74) is 0.396. The SMILES string of the molecule is CN(C)c1ccc(CC(O)C(F)(F)F)cc1F. The van der Waals surface area contributed by atoms with Gasteiger partial charge in [0.2, 0.25) is 0 Å². The van der Waals surface area contributed by atoms with Gasteiger partial charge in [0, 0.05) is 20.5 Å². The van der Waals surface area contributed by atoms with Gasteiger partial charge in [-0.25, -0.2) is 4.39 Å². The lowest BCUT2D eigenvalue weighted by atomic mass is 10.1. The third-order valence-electron chi connectivity index (χ3n) is 2.30. The largest absolute Gasteiger partial charge is 0.414 e. The smallest absolute Gasteiger partial charge is 0.383 e. The van der Waals surface area contributed by atoms with Gasteiger partial charge >= 0.3 is 6.18 Å². The predicted octanol–water partition coefficient (Wildman–Crippen LogP) is 2.36. The molecule has 1 rings (SSSR count). The van der Waals surface area contributed by atoms with Crippen molar-refractivity contribution in [2.75, 3.05) is 19.0 Å². The maximum Gasteiger partial charge on any atom is 0.414 e. The number of aliphatic hydroxyl groups excluding tert-OH is 1. The molecule has 0 aliphatic rings. The van der Waals surface area contributed by atoms with E-state index in [9.17, 15) is 17.6 Å². The third kappa shape index (κ3) is 3.59. The van der Waals surface area contributed by atoms with Crippen LogP contribution in [0.1, 0.15) is 5.56 Å². The van der Waals surface area contributed by atoms with Gasteiger partial charge in [-0.3, -0.25) is 0 Å². The van der Waals surface area contributed by atoms with E-state index in [-0.39, 0.29) is 11.3 Å². The molecule has 0 aromatic heterocycles. The van der Waals surface area contributed by atoms with Crippen LogP contribution >= 0.6 is 0 Å². The normalized spacial score (nSPS) is 13.6. The molecule has 6 heteroatoms. The van der Waals surface area contributed by atoms with E-state index >= 15 is 0 Å². The van der Waals surface area contributed by atoms with Gasteiger partial charge in [0.15, 0.2) is 6.10 Å². The zero-order valence-electron chi connectivity index (χ0n) is 9.42. The van der Waals surface area contributed by atoms with E-state index in [1.165, 1.54) is 17.0 Å². The minimum atomic E-state index is -4.68. The van der Waals surface area contributed by atoms with Crippen LogP contribution in [0.25, 0.3) is 0 Å². The summed E-state index contributed by atoms with van der Waals surface area (Å²) < 4.78 is 49.7. The summed E-state index contributed by atoms with van der Waals surface area (Å²) >= 11 is 0. The van der Waals surface area contributed by atoms with Crippen molar-refractivity contribution in [2.45, 2.75) is 18.7 Å². The molecule has 0 heterocycles. The molecule has 1 atom stereocenters. The number of hydrogen-bond donors (Lipinski definition) is 1. The number of anilines is 1. The lowest BCUT2D eigenvalue weighted by Crippen LogP contribution is -2.30. The summed E-state index contributed by atoms with van der Waals surface area (Å²) in [5, 5.41) is 8.85. The van der Waals surface area contributed by atoms with E-state index in [1.807, 2.05) is 0 Å². The lowest BCUT2D eigenvalue weighted by Gasteiger charge is -2.17. The molecular weight excluding hydrogens is 238 g/mol. The molecule has 96 valence electrons. The first-order valence-electron chi connectivity index (χ1n) is 4.92. The quantitative estimate of drug-likeness (QED) is 0.834. The van der Waals surface area contributed by atoms with Gasteiger partial charge < -0.3 is 10.0 Å². The standard InChI is InChI=1S/C11H13F4NO/c1-16(2)9-4-3-7(5-8(9)12)6-10(17)11(13,14)15/h3-5,10,17H,6H2,1-2H3. The number of aliphatic hydroxyl groups is 1. The Bertz CT molecular complexity index is 390. The number of benzene rings is 1. The van der Waals surface area contributed by atoms with E-state index in [0.29, 0.717) is 0 Å². The van der Waals surface area contributed by atoms with Crippen LogP contribution < -0.4 is 4.90 Å². The van der Waals surface area contributed by atoms with Gasteiger partial charge in [0.1, 0.15) is 5.82 Å². The molecule has 1 N–H and O–H groups in total. The number of alkyl halides is 3. The highest BCUT2D eigenvalue weighted by atomic mass is 19.4. The summed E-state index contributed by atoms with van der Waals surface area (Å²) in [6.07, 6.45) is -7.79. The third-order valence-corrected chi connectivity index (χ3v) is 2.30. The summed E-state index contributed by atoms with van der Waals surface area (Å²) in [5.74, 6) is -0.609. The Labute approximate surface area is 96.5 Å². The Hall–Kier alpha value is -1.30. The maximum atomic E-state index is 13.4. The first-order chi connectivity index (χ1) is 7.71. The van der Waals surface area contributed by atoms with Crippen molar-refractivity contribution >= 4 is 5.69 Å². The number of hydrogen-bond acceptors (Lipinski definition) is 2. The van der Waals surface area contributed by atoms with Gasteiger partial charge in [0.05, 0.1) is 5.69 Å². The molecule has 0 spiro atoms. The highest BCUT2D eigenvalue weighted by Crippen LogP contribution is 2.25. The molecule has 1 unspecified atom stereocenters. The molecule has 0 saturated heterocycles. The summed E-state index contributed by atoms with van der Waals surface area (Å²) in [4.78, 5) is 1.51. The second kappa shape index (κ2) is 4.91. The van der Waals surface area contributed by atoms with Crippen LogP contribution in [0.4, 0.5) is 23.2 Å². The molecule has 1 aromatic rings. The summed E-state index contributed by atoms with van der Waals surface area (Å²) in [6.45, 7) is 0. The molecule has 0 radical (unpaired) electrons. The highest BCUT2D eigenvalue weighted by Gasteiger charge is 2.38. The number of halogens is 4. The van der Waals surface area contributed by atoms with Crippen molar-refractivity contribution in [1.29, 1.82) is 0 Å². The maximum absolute atomic E-state index is 13.4. The first kappa shape index (κ1) is 13.8. The van der Waals surface area contributed by atoms with Crippen molar-refractivity contribution in [3.05, 3.63) is 29.6 Å². The monoisotopic (exact) mass is 251 g/mol. The second-order valence-electron chi connectivity index (χ2n) is 3.94. The zero-order valence-corrected chi connectivity index (χ0v) is 9.42. The van der Waals surface area contributed by atoms with Crippen LogP contribution in [0.15, 0.2) is 18.2 Å². The topological polar surface area (TPSA) is 23.5 Å². The molecule has 0 amide bonds. The van der Waals surface area contributed by atoms with Crippen LogP contribution in [0.5, 0.6) is 0 Å². The van der Waals surface area contributed by atoms with Crippen LogP contribution in [-0.2, 0) is 6.42 Å². The fourth-order valence-corrected chi connectivity index (χ4v) is 1.38. The Balaban J connectivity index is 2.85. The van der Waals surface area contributed by atoms with Crippen molar-refractivity contribution in [3.8, 4) is 0 Å². The molecule has 0 fully saturated rings. The molecule has 0 saturated carbocycles. The fourth-order valence-electron chi connectivity index (χ4n) is 1.38. The van der Waals surface area contributed by atoms with Gasteiger partial charge in [-0.15, -0.1) is 0 Å². The predicted molar refractivity (Wildman–Crippen MR) is 56.5 cm³/mol. The Morgan fingerprint density at radius 2 is 1.88 bits per heavy atom. The van der Waals surface area contributed by atoms with E-state index in [4.69, 9.17) is 5.11 Å². The lowest BCUT2D eigenvalue weighted by molar-refractivity contribution is -0.203. The number of rotatable bonds is 3. The van der Waals surface area contributed by atoms with Crippen LogP contribution in [0.3, 0.4) is 0 Å². The van der Waals surface area contributed by atoms with Crippen molar-refractivity contribution in [2.24, 2.45) is 0 Å². The average molecular weight is 251 g/mol. The first-order valence-corrected chi connectivity index (χ1v) is 4.92. The van der Waals surface area contributed by atoms with Gasteiger partial charge in [-0.2, -0.15) is 13.2 Å². The molecule has 0 aliphatic heterocycles. The van der Waals surface area contributed by atoms with Crippen molar-refractivity contribution in [1.82, 2.24) is 0 Å². The summed E-state index contributed by atoms with van der Waals surface area (Å²) in [6, 6.07) is 3.76. The van der Waals surface area contributed by atoms with E-state index in [2.05, 4.69) is 0 Å². The van der Waals surface area contributed by atoms with Crippen LogP contribution in [0.2, 0.25) is 0 Å². The van der Waals surface area contributed by atoms with E-state index < -0.39 is 24.5 Å². The minimum Gasteiger partial charge on any atom is -0.383 e. The second-order valence-corrected chi connectivity index (χ2v) is 3.94. The van der Waals surface area contributed by atoms with E-state index in [1.54, 1.807) is 14.1 Å². The molecule has 0 aliphatic carbocycles. The van der Waals surface area contributed by atoms with Gasteiger partial charge in [-0.1, -0.05) is 6.07 Å². The average Bonchev–Trinajstić information content (AvgIpc) is 2.15. The molecule has 17 heavy (non-hydrogen) atoms. The van der Waals surface area contributed by atoms with Crippen LogP contribution in [0, 0.1) is 5.82 Å². The molecule has 2 nitrogen and oxygen atoms in total. The van der Waals surface area contributed by atoms with E-state index in [0.717, 1.165) is 6.07 Å². The Morgan fingerprint density at radius 3 is 2.29 bits per heavy atom. The van der Waals surface area contributed by atoms with Gasteiger partial charge in [-0.05, 0) is 17.7 Å². The highest BCUT2D eigenvalue weighted by molar-refractivity contribution is 5.47. The fraction of sp³-hybridized carbons (Fsp3) is 0.455. The zero-order chi connectivity index (χ0) is 13.2. The number of nitrogens with zero attached hydrogens (tertiary/aromatic N) is 1. The van der Waals surface area contributed by atoms with Crippen LogP contribution in [-0.4, -0.2) is 31.5 Å².